The lowest BCUT2D eigenvalue weighted by atomic mass is 9.75. The molecule has 16 nitrogen and oxygen atoms in total. The van der Waals surface area contributed by atoms with Crippen LogP contribution in [0.3, 0.4) is 0 Å². The van der Waals surface area contributed by atoms with Gasteiger partial charge in [-0.3, -0.25) is 9.59 Å². The first-order chi connectivity index (χ1) is 29.7. The summed E-state index contributed by atoms with van der Waals surface area (Å²) >= 11 is 0. The molecule has 6 rings (SSSR count). The molecule has 2 aliphatic rings. The number of nitrogens with zero attached hydrogens (tertiary/aromatic N) is 6. The van der Waals surface area contributed by atoms with Gasteiger partial charge in [0.05, 0.1) is 17.4 Å². The molecule has 3 atom stereocenters. The second kappa shape index (κ2) is 21.5. The van der Waals surface area contributed by atoms with Gasteiger partial charge in [0, 0.05) is 43.3 Å². The molecule has 0 saturated carbocycles. The molecule has 0 radical (unpaired) electrons. The number of benzene rings is 2. The molecule has 0 aliphatic carbocycles. The summed E-state index contributed by atoms with van der Waals surface area (Å²) in [6.45, 7) is 23.1. The first kappa shape index (κ1) is 51.6. The quantitative estimate of drug-likeness (QED) is 0.190. The number of hydrogen-bond acceptors (Lipinski definition) is 12. The molecule has 342 valence electrons. The zero-order valence-corrected chi connectivity index (χ0v) is 38.8. The summed E-state index contributed by atoms with van der Waals surface area (Å²) in [6, 6.07) is 19.2. The third-order valence-electron chi connectivity index (χ3n) is 10.0. The highest BCUT2D eigenvalue weighted by atomic mass is 16.6. The molecule has 1 fully saturated rings. The number of aromatic nitrogens is 4. The highest BCUT2D eigenvalue weighted by Gasteiger charge is 2.45. The number of imide groups is 2. The SMILES string of the molecule is CC(C)(C)OC(=O)N1C(=O)C=C(c2cccc(-n3cccn3)c2)C[C@@H]1C(C)(C)C.CC(C)(C)OC(=O)N1C(=O)C[C@H](c2cccc(-n3cccn3)c2)C[C@@H]1C(C)(C)C.O=C=O.O=C=O. The van der Waals surface area contributed by atoms with Gasteiger partial charge in [0.15, 0.2) is 0 Å². The van der Waals surface area contributed by atoms with Crippen LogP contribution in [0.15, 0.2) is 91.5 Å². The molecule has 0 N–H and O–H groups in total. The first-order valence-corrected chi connectivity index (χ1v) is 20.7. The van der Waals surface area contributed by atoms with E-state index < -0.39 is 23.4 Å². The van der Waals surface area contributed by atoms with Crippen LogP contribution in [0.2, 0.25) is 0 Å². The molecule has 2 aliphatic heterocycles. The number of likely N-dealkylation sites (tertiary alicyclic amines) is 1. The number of hydrogen-bond donors (Lipinski definition) is 0. The van der Waals surface area contributed by atoms with Crippen molar-refractivity contribution < 1.29 is 47.8 Å². The second-order valence-corrected chi connectivity index (χ2v) is 19.4. The Kier molecular flexibility index (Phi) is 17.4. The minimum atomic E-state index is -0.665. The number of amides is 4. The minimum absolute atomic E-state index is 0.0425. The molecule has 16 heteroatoms. The zero-order chi connectivity index (χ0) is 48.2. The van der Waals surface area contributed by atoms with E-state index in [1.165, 1.54) is 9.80 Å². The summed E-state index contributed by atoms with van der Waals surface area (Å²) < 4.78 is 14.6. The van der Waals surface area contributed by atoms with Crippen molar-refractivity contribution in [3.8, 4) is 11.4 Å². The molecular weight excluding hydrogens is 821 g/mol. The van der Waals surface area contributed by atoms with Crippen LogP contribution in [0.25, 0.3) is 16.9 Å². The predicted molar refractivity (Wildman–Crippen MR) is 234 cm³/mol. The minimum Gasteiger partial charge on any atom is -0.443 e. The van der Waals surface area contributed by atoms with Gasteiger partial charge in [0.1, 0.15) is 11.2 Å². The number of rotatable bonds is 4. The molecule has 2 aromatic carbocycles. The maximum Gasteiger partial charge on any atom is 0.417 e. The van der Waals surface area contributed by atoms with Crippen LogP contribution in [0.4, 0.5) is 9.59 Å². The molecular formula is C48H60N6O10. The normalized spacial score (nSPS) is 17.7. The fourth-order valence-electron chi connectivity index (χ4n) is 7.24. The Labute approximate surface area is 374 Å². The Hall–Kier alpha value is -6.76. The Morgan fingerprint density at radius 1 is 0.625 bits per heavy atom. The van der Waals surface area contributed by atoms with Gasteiger partial charge in [-0.15, -0.1) is 0 Å². The van der Waals surface area contributed by atoms with Crippen molar-refractivity contribution in [3.63, 3.8) is 0 Å². The standard InChI is InChI=1S/C23H31N3O3.C23H29N3O3.2CO2/c2*1-22(2,3)19-14-17(15-20(27)26(19)21(28)29-23(4,5)6)16-9-7-10-18(13-16)25-12-8-11-24-25;2*2-1-3/h7-13,17,19H,14-15H2,1-6H3;7-13,15,19H,14H2,1-6H3;;/t17-,19-;19-;;/m11../s1. The molecule has 4 aromatic rings. The van der Waals surface area contributed by atoms with Gasteiger partial charge in [-0.25, -0.2) is 28.8 Å². The maximum atomic E-state index is 13.1. The molecule has 1 saturated heterocycles. The van der Waals surface area contributed by atoms with E-state index in [1.54, 1.807) is 43.9 Å². The number of carbonyl (C=O) groups is 4. The molecule has 0 spiro atoms. The van der Waals surface area contributed by atoms with Crippen LogP contribution >= 0.6 is 0 Å². The van der Waals surface area contributed by atoms with Crippen LogP contribution in [0.5, 0.6) is 0 Å². The fraction of sp³-hybridized carbons (Fsp3) is 0.458. The highest BCUT2D eigenvalue weighted by Crippen LogP contribution is 2.41. The monoisotopic (exact) mass is 880 g/mol. The van der Waals surface area contributed by atoms with Crippen molar-refractivity contribution in [3.05, 3.63) is 103 Å². The van der Waals surface area contributed by atoms with Gasteiger partial charge in [0.2, 0.25) is 5.91 Å². The number of carbonyl (C=O) groups excluding carboxylic acids is 8. The summed E-state index contributed by atoms with van der Waals surface area (Å²) in [5, 5.41) is 8.56. The molecule has 2 aromatic heterocycles. The molecule has 4 amide bonds. The number of piperidine rings is 1. The Bertz CT molecular complexity index is 2300. The zero-order valence-electron chi connectivity index (χ0n) is 38.8. The van der Waals surface area contributed by atoms with Gasteiger partial charge in [-0.2, -0.15) is 29.4 Å². The summed E-state index contributed by atoms with van der Waals surface area (Å²) in [7, 11) is 0. The largest absolute Gasteiger partial charge is 0.443 e. The topological polar surface area (TPSA) is 197 Å². The van der Waals surface area contributed by atoms with Crippen molar-refractivity contribution in [1.82, 2.24) is 29.4 Å². The van der Waals surface area contributed by atoms with Crippen LogP contribution in [0.1, 0.15) is 119 Å². The Morgan fingerprint density at radius 3 is 1.55 bits per heavy atom. The molecule has 0 unspecified atom stereocenters. The average molecular weight is 881 g/mol. The predicted octanol–water partition coefficient (Wildman–Crippen LogP) is 8.60. The van der Waals surface area contributed by atoms with Crippen LogP contribution in [0, 0.1) is 10.8 Å². The van der Waals surface area contributed by atoms with Gasteiger partial charge in [-0.1, -0.05) is 65.8 Å². The fourth-order valence-corrected chi connectivity index (χ4v) is 7.24. The Balaban J connectivity index is 0.000000303. The highest BCUT2D eigenvalue weighted by molar-refractivity contribution is 6.05. The van der Waals surface area contributed by atoms with Gasteiger partial charge >= 0.3 is 24.5 Å². The lowest BCUT2D eigenvalue weighted by Gasteiger charge is -2.44. The van der Waals surface area contributed by atoms with Crippen molar-refractivity contribution >= 4 is 41.9 Å². The van der Waals surface area contributed by atoms with Gasteiger partial charge < -0.3 is 9.47 Å². The van der Waals surface area contributed by atoms with E-state index in [2.05, 4.69) is 37.0 Å². The number of ether oxygens (including phenoxy) is 2. The maximum absolute atomic E-state index is 13.1. The average Bonchev–Trinajstić information content (AvgIpc) is 3.93. The molecule has 64 heavy (non-hydrogen) atoms. The summed E-state index contributed by atoms with van der Waals surface area (Å²) in [6.07, 6.45) is 9.70. The lowest BCUT2D eigenvalue weighted by molar-refractivity contribution is -0.193. The summed E-state index contributed by atoms with van der Waals surface area (Å²) in [5.41, 5.74) is 2.95. The lowest BCUT2D eigenvalue weighted by Crippen LogP contribution is -2.55. The van der Waals surface area contributed by atoms with E-state index >= 15 is 0 Å². The molecule has 0 bridgehead atoms. The van der Waals surface area contributed by atoms with Gasteiger partial charge in [-0.05, 0) is 124 Å². The third-order valence-corrected chi connectivity index (χ3v) is 10.0. The third kappa shape index (κ3) is 14.7. The van der Waals surface area contributed by atoms with Crippen molar-refractivity contribution in [2.24, 2.45) is 10.8 Å². The van der Waals surface area contributed by atoms with E-state index in [-0.39, 0.29) is 59.4 Å². The summed E-state index contributed by atoms with van der Waals surface area (Å²) in [5.74, 6) is -0.481. The smallest absolute Gasteiger partial charge is 0.417 e. The van der Waals surface area contributed by atoms with E-state index in [0.717, 1.165) is 28.1 Å². The van der Waals surface area contributed by atoms with E-state index in [0.29, 0.717) is 12.8 Å². The van der Waals surface area contributed by atoms with Crippen LogP contribution < -0.4 is 0 Å². The van der Waals surface area contributed by atoms with Crippen molar-refractivity contribution in [1.29, 1.82) is 0 Å². The van der Waals surface area contributed by atoms with E-state index in [1.807, 2.05) is 113 Å². The summed E-state index contributed by atoms with van der Waals surface area (Å²) in [4.78, 5) is 86.8. The molecule has 4 heterocycles. The van der Waals surface area contributed by atoms with Crippen LogP contribution in [-0.4, -0.2) is 89.0 Å². The van der Waals surface area contributed by atoms with E-state index in [4.69, 9.17) is 28.7 Å². The first-order valence-electron chi connectivity index (χ1n) is 20.7. The van der Waals surface area contributed by atoms with Gasteiger partial charge in [0.25, 0.3) is 5.91 Å². The van der Waals surface area contributed by atoms with Crippen LogP contribution in [-0.2, 0) is 38.2 Å². The van der Waals surface area contributed by atoms with E-state index in [9.17, 15) is 19.2 Å². The van der Waals surface area contributed by atoms with Crippen molar-refractivity contribution in [2.45, 2.75) is 132 Å². The van der Waals surface area contributed by atoms with Crippen molar-refractivity contribution in [2.75, 3.05) is 0 Å². The Morgan fingerprint density at radius 2 is 1.09 bits per heavy atom. The second-order valence-electron chi connectivity index (χ2n) is 19.4.